The van der Waals surface area contributed by atoms with Crippen molar-refractivity contribution in [1.82, 2.24) is 0 Å². The van der Waals surface area contributed by atoms with Gasteiger partial charge in [0.05, 0.1) is 17.7 Å². The van der Waals surface area contributed by atoms with Crippen LogP contribution in [0.3, 0.4) is 0 Å². The fourth-order valence-electron chi connectivity index (χ4n) is 2.73. The first-order chi connectivity index (χ1) is 8.61. The summed E-state index contributed by atoms with van der Waals surface area (Å²) in [6.07, 6.45) is 5.31. The van der Waals surface area contributed by atoms with Crippen molar-refractivity contribution in [1.29, 1.82) is 0 Å². The maximum absolute atomic E-state index is 10.4. The summed E-state index contributed by atoms with van der Waals surface area (Å²) in [7, 11) is 1.61. The number of rotatable bonds is 4. The van der Waals surface area contributed by atoms with E-state index in [0.717, 1.165) is 16.5 Å². The number of aliphatic hydroxyl groups is 1. The molecule has 1 aromatic carbocycles. The molecule has 1 aliphatic rings. The van der Waals surface area contributed by atoms with E-state index < -0.39 is 6.10 Å². The Morgan fingerprint density at radius 3 is 2.72 bits per heavy atom. The molecule has 1 fully saturated rings. The van der Waals surface area contributed by atoms with E-state index in [1.165, 1.54) is 25.7 Å². The van der Waals surface area contributed by atoms with Gasteiger partial charge in [-0.1, -0.05) is 37.3 Å². The molecule has 0 bridgehead atoms. The highest BCUT2D eigenvalue weighted by Gasteiger charge is 2.23. The van der Waals surface area contributed by atoms with Crippen molar-refractivity contribution in [2.24, 2.45) is 5.92 Å². The number of methoxy groups -OCH3 is 1. The van der Waals surface area contributed by atoms with E-state index in [9.17, 15) is 5.11 Å². The standard InChI is InChI=1S/C14H18BrClO2/c1-18-14-11(7-10(16)8-12(14)15)13(17)6-9-4-2-3-5-9/h7-9,13,17H,2-6H2,1H3. The van der Waals surface area contributed by atoms with Crippen LogP contribution in [0.25, 0.3) is 0 Å². The Bertz CT molecular complexity index is 417. The molecule has 0 aliphatic heterocycles. The van der Waals surface area contributed by atoms with Crippen LogP contribution in [-0.2, 0) is 0 Å². The first-order valence-electron chi connectivity index (χ1n) is 6.32. The summed E-state index contributed by atoms with van der Waals surface area (Å²) in [5.74, 6) is 1.31. The molecule has 100 valence electrons. The van der Waals surface area contributed by atoms with Crippen molar-refractivity contribution in [3.8, 4) is 5.75 Å². The minimum absolute atomic E-state index is 0.502. The molecule has 1 saturated carbocycles. The third-order valence-electron chi connectivity index (χ3n) is 3.63. The van der Waals surface area contributed by atoms with Gasteiger partial charge in [0.1, 0.15) is 5.75 Å². The Balaban J connectivity index is 2.19. The van der Waals surface area contributed by atoms with Gasteiger partial charge in [0.15, 0.2) is 0 Å². The molecule has 4 heteroatoms. The van der Waals surface area contributed by atoms with Crippen LogP contribution >= 0.6 is 27.5 Å². The number of halogens is 2. The van der Waals surface area contributed by atoms with Crippen molar-refractivity contribution in [2.75, 3.05) is 7.11 Å². The zero-order valence-electron chi connectivity index (χ0n) is 10.5. The SMILES string of the molecule is COc1c(Br)cc(Cl)cc1C(O)CC1CCCC1. The smallest absolute Gasteiger partial charge is 0.138 e. The number of hydrogen-bond donors (Lipinski definition) is 1. The molecule has 18 heavy (non-hydrogen) atoms. The average Bonchev–Trinajstić information content (AvgIpc) is 2.80. The van der Waals surface area contributed by atoms with Gasteiger partial charge in [0.2, 0.25) is 0 Å². The summed E-state index contributed by atoms with van der Waals surface area (Å²) in [6, 6.07) is 3.58. The van der Waals surface area contributed by atoms with Gasteiger partial charge in [-0.3, -0.25) is 0 Å². The topological polar surface area (TPSA) is 29.5 Å². The van der Waals surface area contributed by atoms with Crippen LogP contribution in [0.1, 0.15) is 43.8 Å². The van der Waals surface area contributed by atoms with Crippen molar-refractivity contribution < 1.29 is 9.84 Å². The van der Waals surface area contributed by atoms with Crippen molar-refractivity contribution in [3.63, 3.8) is 0 Å². The van der Waals surface area contributed by atoms with Gasteiger partial charge in [-0.25, -0.2) is 0 Å². The van der Waals surface area contributed by atoms with Crippen molar-refractivity contribution in [3.05, 3.63) is 27.2 Å². The van der Waals surface area contributed by atoms with Gasteiger partial charge < -0.3 is 9.84 Å². The molecule has 0 spiro atoms. The average molecular weight is 334 g/mol. The van der Waals surface area contributed by atoms with Crippen LogP contribution in [0.2, 0.25) is 5.02 Å². The van der Waals surface area contributed by atoms with Crippen LogP contribution in [0.4, 0.5) is 0 Å². The summed E-state index contributed by atoms with van der Waals surface area (Å²) in [5.41, 5.74) is 0.781. The quantitative estimate of drug-likeness (QED) is 0.863. The number of aliphatic hydroxyl groups excluding tert-OH is 1. The summed E-state index contributed by atoms with van der Waals surface area (Å²) in [6.45, 7) is 0. The largest absolute Gasteiger partial charge is 0.495 e. The van der Waals surface area contributed by atoms with Gasteiger partial charge in [0.25, 0.3) is 0 Å². The molecule has 1 aliphatic carbocycles. The number of ether oxygens (including phenoxy) is 1. The molecular formula is C14H18BrClO2. The summed E-state index contributed by atoms with van der Waals surface area (Å²) in [4.78, 5) is 0. The Labute approximate surface area is 121 Å². The monoisotopic (exact) mass is 332 g/mol. The van der Waals surface area contributed by atoms with Crippen LogP contribution in [0.15, 0.2) is 16.6 Å². The van der Waals surface area contributed by atoms with E-state index in [0.29, 0.717) is 16.7 Å². The Morgan fingerprint density at radius 1 is 1.44 bits per heavy atom. The van der Waals surface area contributed by atoms with Gasteiger partial charge in [-0.2, -0.15) is 0 Å². The highest BCUT2D eigenvalue weighted by atomic mass is 79.9. The second-order valence-electron chi connectivity index (χ2n) is 4.91. The molecular weight excluding hydrogens is 316 g/mol. The fraction of sp³-hybridized carbons (Fsp3) is 0.571. The van der Waals surface area contributed by atoms with Crippen LogP contribution in [-0.4, -0.2) is 12.2 Å². The lowest BCUT2D eigenvalue weighted by atomic mass is 9.95. The zero-order valence-corrected chi connectivity index (χ0v) is 12.8. The minimum Gasteiger partial charge on any atom is -0.495 e. The van der Waals surface area contributed by atoms with Crippen molar-refractivity contribution >= 4 is 27.5 Å². The molecule has 1 unspecified atom stereocenters. The second-order valence-corrected chi connectivity index (χ2v) is 6.20. The van der Waals surface area contributed by atoms with Crippen LogP contribution < -0.4 is 4.74 Å². The summed E-state index contributed by atoms with van der Waals surface area (Å²) in [5, 5.41) is 11.0. The molecule has 0 saturated heterocycles. The molecule has 1 aromatic rings. The third kappa shape index (κ3) is 3.19. The Kier molecular flexibility index (Phi) is 4.93. The second kappa shape index (κ2) is 6.27. The lowest BCUT2D eigenvalue weighted by Crippen LogP contribution is -2.06. The highest BCUT2D eigenvalue weighted by molar-refractivity contribution is 9.10. The molecule has 2 rings (SSSR count). The Morgan fingerprint density at radius 2 is 2.11 bits per heavy atom. The molecule has 1 N–H and O–H groups in total. The lowest BCUT2D eigenvalue weighted by Gasteiger charge is -2.19. The maximum atomic E-state index is 10.4. The molecule has 2 nitrogen and oxygen atoms in total. The van der Waals surface area contributed by atoms with E-state index in [4.69, 9.17) is 16.3 Å². The first kappa shape index (κ1) is 14.2. The normalized spacial score (nSPS) is 18.0. The van der Waals surface area contributed by atoms with E-state index in [1.807, 2.05) is 0 Å². The van der Waals surface area contributed by atoms with Gasteiger partial charge >= 0.3 is 0 Å². The maximum Gasteiger partial charge on any atom is 0.138 e. The number of benzene rings is 1. The lowest BCUT2D eigenvalue weighted by molar-refractivity contribution is 0.141. The Hall–Kier alpha value is -0.250. The van der Waals surface area contributed by atoms with E-state index in [1.54, 1.807) is 19.2 Å². The van der Waals surface area contributed by atoms with Crippen LogP contribution in [0, 0.1) is 5.92 Å². The molecule has 0 aromatic heterocycles. The predicted octanol–water partition coefficient (Wildman–Crippen LogP) is 4.72. The molecule has 1 atom stereocenters. The molecule has 0 amide bonds. The summed E-state index contributed by atoms with van der Waals surface area (Å²) < 4.78 is 6.14. The van der Waals surface area contributed by atoms with E-state index >= 15 is 0 Å². The predicted molar refractivity (Wildman–Crippen MR) is 77.2 cm³/mol. The molecule has 0 heterocycles. The summed E-state index contributed by atoms with van der Waals surface area (Å²) >= 11 is 9.46. The van der Waals surface area contributed by atoms with Gasteiger partial charge in [-0.05, 0) is 40.4 Å². The van der Waals surface area contributed by atoms with E-state index in [2.05, 4.69) is 15.9 Å². The minimum atomic E-state index is -0.502. The van der Waals surface area contributed by atoms with E-state index in [-0.39, 0.29) is 0 Å². The van der Waals surface area contributed by atoms with Gasteiger partial charge in [0, 0.05) is 10.6 Å². The van der Waals surface area contributed by atoms with Crippen LogP contribution in [0.5, 0.6) is 5.75 Å². The zero-order chi connectivity index (χ0) is 13.1. The van der Waals surface area contributed by atoms with Crippen molar-refractivity contribution in [2.45, 2.75) is 38.2 Å². The highest BCUT2D eigenvalue weighted by Crippen LogP contribution is 2.40. The molecule has 0 radical (unpaired) electrons. The first-order valence-corrected chi connectivity index (χ1v) is 7.50. The van der Waals surface area contributed by atoms with Gasteiger partial charge in [-0.15, -0.1) is 0 Å². The number of hydrogen-bond acceptors (Lipinski definition) is 2. The fourth-order valence-corrected chi connectivity index (χ4v) is 3.73. The third-order valence-corrected chi connectivity index (χ3v) is 4.44.